The minimum atomic E-state index is -0.294. The Hall–Kier alpha value is -1.05. The van der Waals surface area contributed by atoms with Crippen LogP contribution in [0.5, 0.6) is 0 Å². The molecule has 3 saturated carbocycles. The normalized spacial score (nSPS) is 52.6. The van der Waals surface area contributed by atoms with Crippen molar-refractivity contribution in [2.45, 2.75) is 43.5 Å². The number of fused-ring (bicyclic) bond motifs is 2. The maximum Gasteiger partial charge on any atom is 0.338 e. The molecule has 0 radical (unpaired) electrons. The fourth-order valence-electron chi connectivity index (χ4n) is 4.87. The number of esters is 1. The number of carbonyl (C=O) groups is 1. The zero-order chi connectivity index (χ0) is 11.6. The molecule has 3 aliphatic carbocycles. The van der Waals surface area contributed by atoms with E-state index >= 15 is 0 Å². The lowest BCUT2D eigenvalue weighted by Crippen LogP contribution is -2.51. The first-order valence-electron chi connectivity index (χ1n) is 6.47. The molecule has 5 fully saturated rings. The average Bonchev–Trinajstić information content (AvgIpc) is 2.87. The van der Waals surface area contributed by atoms with Crippen LogP contribution in [0.1, 0.15) is 25.7 Å². The molecule has 3 heteroatoms. The molecule has 5 rings (SSSR count). The molecule has 90 valence electrons. The summed E-state index contributed by atoms with van der Waals surface area (Å²) in [4.78, 5) is 11.4. The monoisotopic (exact) mass is 232 g/mol. The van der Waals surface area contributed by atoms with Gasteiger partial charge in [-0.2, -0.15) is 0 Å². The van der Waals surface area contributed by atoms with Gasteiger partial charge in [0.1, 0.15) is 6.10 Å². The summed E-state index contributed by atoms with van der Waals surface area (Å²) in [6.45, 7) is 3.39. The highest BCUT2D eigenvalue weighted by atomic mass is 16.6. The van der Waals surface area contributed by atoms with Gasteiger partial charge in [-0.25, -0.2) is 4.79 Å². The third-order valence-corrected chi connectivity index (χ3v) is 5.32. The van der Waals surface area contributed by atoms with E-state index in [1.54, 1.807) is 0 Å². The molecule has 17 heavy (non-hydrogen) atoms. The second kappa shape index (κ2) is 3.04. The lowest BCUT2D eigenvalue weighted by molar-refractivity contribution is -0.198. The predicted octanol–water partition coefficient (Wildman–Crippen LogP) is 1.83. The minimum absolute atomic E-state index is 0.107. The Morgan fingerprint density at radius 1 is 1.47 bits per heavy atom. The molecule has 2 saturated heterocycles. The first-order valence-corrected chi connectivity index (χ1v) is 6.47. The van der Waals surface area contributed by atoms with Crippen LogP contribution in [-0.4, -0.2) is 23.8 Å². The lowest BCUT2D eigenvalue weighted by Gasteiger charge is -2.46. The molecular formula is C14H16O3. The van der Waals surface area contributed by atoms with Crippen LogP contribution in [0.4, 0.5) is 0 Å². The molecule has 2 aliphatic heterocycles. The van der Waals surface area contributed by atoms with Crippen molar-refractivity contribution >= 4 is 5.97 Å². The molecule has 2 heterocycles. The van der Waals surface area contributed by atoms with Crippen LogP contribution < -0.4 is 0 Å². The Kier molecular flexibility index (Phi) is 1.77. The van der Waals surface area contributed by atoms with Crippen LogP contribution in [-0.2, 0) is 14.3 Å². The Bertz CT molecular complexity index is 429. The molecule has 6 unspecified atom stereocenters. The molecule has 0 amide bonds. The smallest absolute Gasteiger partial charge is 0.338 e. The van der Waals surface area contributed by atoms with Crippen molar-refractivity contribution in [3.8, 4) is 0 Å². The molecule has 1 spiro atoms. The van der Waals surface area contributed by atoms with Crippen molar-refractivity contribution in [1.82, 2.24) is 0 Å². The van der Waals surface area contributed by atoms with E-state index in [2.05, 4.69) is 12.3 Å². The van der Waals surface area contributed by atoms with Crippen LogP contribution >= 0.6 is 0 Å². The molecule has 0 aromatic rings. The molecular weight excluding hydrogens is 216 g/mol. The van der Waals surface area contributed by atoms with E-state index < -0.39 is 0 Å². The molecule has 5 aliphatic rings. The van der Waals surface area contributed by atoms with E-state index in [1.807, 2.05) is 0 Å². The highest BCUT2D eigenvalue weighted by Gasteiger charge is 2.72. The van der Waals surface area contributed by atoms with E-state index in [9.17, 15) is 4.79 Å². The van der Waals surface area contributed by atoms with Gasteiger partial charge in [-0.05, 0) is 31.1 Å². The Balaban J connectivity index is 1.52. The first-order chi connectivity index (χ1) is 8.23. The summed E-state index contributed by atoms with van der Waals surface area (Å²) in [6.07, 6.45) is 6.52. The van der Waals surface area contributed by atoms with E-state index in [0.717, 1.165) is 6.42 Å². The fraction of sp³-hybridized carbons (Fsp3) is 0.714. The number of carbonyl (C=O) groups excluding carboxylic acids is 1. The van der Waals surface area contributed by atoms with Gasteiger partial charge in [0.25, 0.3) is 0 Å². The van der Waals surface area contributed by atoms with E-state index in [0.29, 0.717) is 23.9 Å². The quantitative estimate of drug-likeness (QED) is 0.414. The maximum atomic E-state index is 11.4. The largest absolute Gasteiger partial charge is 0.458 e. The molecule has 0 aromatic heterocycles. The van der Waals surface area contributed by atoms with Crippen molar-refractivity contribution in [2.24, 2.45) is 17.8 Å². The van der Waals surface area contributed by atoms with Crippen molar-refractivity contribution in [1.29, 1.82) is 0 Å². The zero-order valence-corrected chi connectivity index (χ0v) is 9.72. The first kappa shape index (κ1) is 9.93. The van der Waals surface area contributed by atoms with Crippen LogP contribution in [0, 0.1) is 17.8 Å². The van der Waals surface area contributed by atoms with Crippen LogP contribution in [0.15, 0.2) is 18.4 Å². The van der Waals surface area contributed by atoms with Crippen molar-refractivity contribution < 1.29 is 14.3 Å². The molecule has 0 N–H and O–H groups in total. The topological polar surface area (TPSA) is 35.5 Å². The highest BCUT2D eigenvalue weighted by molar-refractivity contribution is 5.81. The Labute approximate surface area is 100 Å². The van der Waals surface area contributed by atoms with Gasteiger partial charge in [-0.1, -0.05) is 6.58 Å². The molecule has 0 aromatic carbocycles. The molecule has 4 bridgehead atoms. The SMILES string of the molecule is C=C=CC(=O)OC1CC2CC1C1CC3CC21O3. The van der Waals surface area contributed by atoms with Gasteiger partial charge in [0.05, 0.1) is 17.8 Å². The minimum Gasteiger partial charge on any atom is -0.458 e. The standard InChI is InChI=1S/C14H16O3/c1-2-3-13(15)16-12-5-8-4-10(12)11-6-9-7-14(8,11)17-9/h3,8-12H,1,4-7H2. The summed E-state index contributed by atoms with van der Waals surface area (Å²) < 4.78 is 11.5. The van der Waals surface area contributed by atoms with Crippen molar-refractivity contribution in [2.75, 3.05) is 0 Å². The summed E-state index contributed by atoms with van der Waals surface area (Å²) >= 11 is 0. The summed E-state index contributed by atoms with van der Waals surface area (Å²) in [5.41, 5.74) is 2.67. The van der Waals surface area contributed by atoms with E-state index in [-0.39, 0.29) is 17.7 Å². The zero-order valence-electron chi connectivity index (χ0n) is 9.72. The summed E-state index contributed by atoms with van der Waals surface area (Å²) in [7, 11) is 0. The Morgan fingerprint density at radius 2 is 2.29 bits per heavy atom. The van der Waals surface area contributed by atoms with Gasteiger partial charge in [-0.3, -0.25) is 0 Å². The lowest BCUT2D eigenvalue weighted by atomic mass is 9.75. The maximum absolute atomic E-state index is 11.4. The Morgan fingerprint density at radius 3 is 3.06 bits per heavy atom. The van der Waals surface area contributed by atoms with Gasteiger partial charge in [0.2, 0.25) is 0 Å². The third-order valence-electron chi connectivity index (χ3n) is 5.32. The fourth-order valence-corrected chi connectivity index (χ4v) is 4.87. The van der Waals surface area contributed by atoms with Gasteiger partial charge in [-0.15, -0.1) is 5.73 Å². The van der Waals surface area contributed by atoms with Crippen LogP contribution in [0.2, 0.25) is 0 Å². The number of hydrogen-bond donors (Lipinski definition) is 0. The van der Waals surface area contributed by atoms with Gasteiger partial charge in [0.15, 0.2) is 0 Å². The second-order valence-electron chi connectivity index (χ2n) is 5.90. The average molecular weight is 232 g/mol. The summed E-state index contributed by atoms with van der Waals surface area (Å²) in [6, 6.07) is 0. The predicted molar refractivity (Wildman–Crippen MR) is 60.1 cm³/mol. The number of ether oxygens (including phenoxy) is 2. The van der Waals surface area contributed by atoms with Crippen LogP contribution in [0.25, 0.3) is 0 Å². The van der Waals surface area contributed by atoms with Crippen molar-refractivity contribution in [3.05, 3.63) is 18.4 Å². The van der Waals surface area contributed by atoms with Gasteiger partial charge >= 0.3 is 5.97 Å². The molecule has 3 nitrogen and oxygen atoms in total. The summed E-state index contributed by atoms with van der Waals surface area (Å²) in [5, 5.41) is 0. The van der Waals surface area contributed by atoms with E-state index in [1.165, 1.54) is 25.3 Å². The van der Waals surface area contributed by atoms with Gasteiger partial charge < -0.3 is 9.47 Å². The number of rotatable bonds is 2. The van der Waals surface area contributed by atoms with E-state index in [4.69, 9.17) is 9.47 Å². The van der Waals surface area contributed by atoms with Crippen LogP contribution in [0.3, 0.4) is 0 Å². The number of hydrogen-bond acceptors (Lipinski definition) is 3. The highest BCUT2D eigenvalue weighted by Crippen LogP contribution is 2.69. The second-order valence-corrected chi connectivity index (χ2v) is 5.90. The third kappa shape index (κ3) is 1.09. The molecule has 6 atom stereocenters. The summed E-state index contributed by atoms with van der Waals surface area (Å²) in [5.74, 6) is 1.52. The van der Waals surface area contributed by atoms with Crippen molar-refractivity contribution in [3.63, 3.8) is 0 Å². The van der Waals surface area contributed by atoms with Gasteiger partial charge in [0, 0.05) is 12.3 Å².